The monoisotopic (exact) mass is 788 g/mol. The first-order valence-corrected chi connectivity index (χ1v) is 26.7. The number of benzene rings is 4. The highest BCUT2D eigenvalue weighted by Gasteiger charge is 2.56. The topological polar surface area (TPSA) is 0 Å². The van der Waals surface area contributed by atoms with Crippen LogP contribution in [0, 0.1) is 0 Å². The van der Waals surface area contributed by atoms with E-state index in [4.69, 9.17) is 0 Å². The summed E-state index contributed by atoms with van der Waals surface area (Å²) in [5, 5.41) is 3.44. The van der Waals surface area contributed by atoms with Crippen molar-refractivity contribution in [2.24, 2.45) is 0 Å². The molecule has 0 spiro atoms. The lowest BCUT2D eigenvalue weighted by Crippen LogP contribution is -2.34. The van der Waals surface area contributed by atoms with Crippen molar-refractivity contribution in [3.05, 3.63) is 106 Å². The summed E-state index contributed by atoms with van der Waals surface area (Å²) < 4.78 is 0. The fraction of sp³-hybridized carbons (Fsp3) is 0.556. The van der Waals surface area contributed by atoms with E-state index in [1.807, 2.05) is 0 Å². The molecule has 0 bridgehead atoms. The summed E-state index contributed by atoms with van der Waals surface area (Å²) in [5.74, 6) is 2.90. The van der Waals surface area contributed by atoms with Crippen molar-refractivity contribution >= 4 is 25.8 Å². The molecule has 302 valence electrons. The van der Waals surface area contributed by atoms with Crippen LogP contribution in [-0.2, 0) is 0 Å². The number of rotatable bonds is 13. The van der Waals surface area contributed by atoms with Gasteiger partial charge in [-0.1, -0.05) is 163 Å². The lowest BCUT2D eigenvalue weighted by molar-refractivity contribution is 0.485. The molecule has 0 radical (unpaired) electrons. The second-order valence-electron chi connectivity index (χ2n) is 19.6. The van der Waals surface area contributed by atoms with E-state index in [2.05, 4.69) is 156 Å². The summed E-state index contributed by atoms with van der Waals surface area (Å²) >= 11 is 0. The standard InChI is InChI=1S/C54H77P2/c1-35(2)41-31-47(37(5)6)53(48(32-41)38(7)8)45-27-19-21-29-51(45)55-56(43-23-15-13-16-24-43,44-25-17-14-18-26-44)52-30-22-20-28-46(52)54-49(39(9)10)33-42(36(3)4)34-50(54)40(11)12/h19-22,27-40,43-44,55H,13-18,23-26H2,1-12H3/q+1. The summed E-state index contributed by atoms with van der Waals surface area (Å²) in [4.78, 5) is 0. The van der Waals surface area contributed by atoms with E-state index in [1.54, 1.807) is 49.6 Å². The van der Waals surface area contributed by atoms with Gasteiger partial charge in [-0.2, -0.15) is 0 Å². The highest BCUT2D eigenvalue weighted by atomic mass is 32.1. The molecule has 2 aliphatic rings. The quantitative estimate of drug-likeness (QED) is 0.118. The number of hydrogen-bond donors (Lipinski definition) is 0. The minimum absolute atomic E-state index is 0.465. The van der Waals surface area contributed by atoms with Gasteiger partial charge < -0.3 is 0 Å². The Balaban J connectivity index is 1.70. The molecular weight excluding hydrogens is 711 g/mol. The first kappa shape index (κ1) is 43.3. The molecule has 4 aromatic carbocycles. The molecule has 0 aromatic heterocycles. The van der Waals surface area contributed by atoms with Gasteiger partial charge in [0.05, 0.1) is 26.5 Å². The molecule has 1 unspecified atom stereocenters. The summed E-state index contributed by atoms with van der Waals surface area (Å²) in [6.07, 6.45) is 14.0. The van der Waals surface area contributed by atoms with Crippen LogP contribution in [0.5, 0.6) is 0 Å². The van der Waals surface area contributed by atoms with Crippen molar-refractivity contribution in [2.75, 3.05) is 0 Å². The first-order chi connectivity index (χ1) is 26.8. The van der Waals surface area contributed by atoms with Gasteiger partial charge in [0.2, 0.25) is 0 Å². The molecule has 2 heteroatoms. The minimum Gasteiger partial charge on any atom is -0.0616 e. The Labute approximate surface area is 346 Å². The van der Waals surface area contributed by atoms with Crippen LogP contribution in [0.2, 0.25) is 0 Å². The third kappa shape index (κ3) is 8.84. The van der Waals surface area contributed by atoms with E-state index in [1.165, 1.54) is 80.9 Å². The van der Waals surface area contributed by atoms with Gasteiger partial charge in [-0.3, -0.25) is 0 Å². The van der Waals surface area contributed by atoms with Gasteiger partial charge in [-0.05, 0) is 143 Å². The number of hydrogen-bond acceptors (Lipinski definition) is 0. The smallest absolute Gasteiger partial charge is 0.0616 e. The SMILES string of the molecule is CC(C)c1cc(C(C)C)c(-c2ccccc2P[P+](c2ccccc2-c2c(C(C)C)cc(C(C)C)cc2C(C)C)(C2CCCCC2)C2CCCCC2)c(C(C)C)c1. The van der Waals surface area contributed by atoms with Gasteiger partial charge >= 0.3 is 0 Å². The zero-order valence-electron chi connectivity index (χ0n) is 37.6. The van der Waals surface area contributed by atoms with Gasteiger partial charge in [0.15, 0.2) is 0 Å². The Morgan fingerprint density at radius 3 is 1.18 bits per heavy atom. The highest BCUT2D eigenvalue weighted by Crippen LogP contribution is 2.83. The Hall–Kier alpha value is -2.26. The minimum atomic E-state index is -1.78. The predicted molar refractivity (Wildman–Crippen MR) is 257 cm³/mol. The van der Waals surface area contributed by atoms with E-state index in [-0.39, 0.29) is 0 Å². The molecule has 56 heavy (non-hydrogen) atoms. The molecule has 4 aromatic rings. The molecule has 1 atom stereocenters. The molecule has 2 saturated carbocycles. The lowest BCUT2D eigenvalue weighted by Gasteiger charge is -2.44. The van der Waals surface area contributed by atoms with Crippen LogP contribution in [0.25, 0.3) is 22.3 Å². The zero-order chi connectivity index (χ0) is 40.3. The maximum absolute atomic E-state index is 2.70. The Kier molecular flexibility index (Phi) is 14.5. The third-order valence-corrected chi connectivity index (χ3v) is 24.0. The maximum Gasteiger partial charge on any atom is 0.105 e. The molecule has 0 nitrogen and oxygen atoms in total. The molecule has 0 amide bonds. The van der Waals surface area contributed by atoms with Crippen LogP contribution < -0.4 is 10.6 Å². The second kappa shape index (κ2) is 18.8. The average molecular weight is 788 g/mol. The summed E-state index contributed by atoms with van der Waals surface area (Å²) in [7, 11) is 0.830. The Bertz CT molecular complexity index is 1830. The van der Waals surface area contributed by atoms with Crippen LogP contribution in [0.4, 0.5) is 0 Å². The van der Waals surface area contributed by atoms with Crippen LogP contribution in [-0.4, -0.2) is 11.3 Å². The Morgan fingerprint density at radius 2 is 0.786 bits per heavy atom. The maximum atomic E-state index is 2.70. The van der Waals surface area contributed by atoms with E-state index in [9.17, 15) is 0 Å². The van der Waals surface area contributed by atoms with Crippen LogP contribution in [0.1, 0.15) is 216 Å². The first-order valence-electron chi connectivity index (χ1n) is 23.0. The third-order valence-electron chi connectivity index (χ3n) is 13.6. The van der Waals surface area contributed by atoms with Crippen molar-refractivity contribution in [2.45, 2.75) is 194 Å². The summed E-state index contributed by atoms with van der Waals surface area (Å²) in [6.45, 7) is 27.2. The molecule has 0 saturated heterocycles. The Morgan fingerprint density at radius 1 is 0.429 bits per heavy atom. The van der Waals surface area contributed by atoms with Crippen molar-refractivity contribution in [1.82, 2.24) is 0 Å². The average Bonchev–Trinajstić information content (AvgIpc) is 3.19. The lowest BCUT2D eigenvalue weighted by atomic mass is 9.82. The van der Waals surface area contributed by atoms with Gasteiger partial charge in [0, 0.05) is 10.9 Å². The molecule has 2 fully saturated rings. The molecule has 0 N–H and O–H groups in total. The largest absolute Gasteiger partial charge is 0.105 e. The molecule has 0 heterocycles. The zero-order valence-corrected chi connectivity index (χ0v) is 39.5. The summed E-state index contributed by atoms with van der Waals surface area (Å²) in [6, 6.07) is 30.4. The van der Waals surface area contributed by atoms with Crippen molar-refractivity contribution in [3.63, 3.8) is 0 Å². The second-order valence-corrected chi connectivity index (χ2v) is 26.8. The van der Waals surface area contributed by atoms with Crippen molar-refractivity contribution in [3.8, 4) is 22.3 Å². The van der Waals surface area contributed by atoms with Crippen LogP contribution in [0.3, 0.4) is 0 Å². The van der Waals surface area contributed by atoms with E-state index in [0.717, 1.165) is 19.6 Å². The molecule has 2 aliphatic carbocycles. The van der Waals surface area contributed by atoms with E-state index >= 15 is 0 Å². The normalized spacial score (nSPS) is 16.6. The van der Waals surface area contributed by atoms with Crippen LogP contribution in [0.15, 0.2) is 72.8 Å². The fourth-order valence-electron chi connectivity index (χ4n) is 10.5. The molecular formula is C54H77P2+. The van der Waals surface area contributed by atoms with Gasteiger partial charge in [-0.25, -0.2) is 0 Å². The van der Waals surface area contributed by atoms with Gasteiger partial charge in [-0.15, -0.1) is 0 Å². The van der Waals surface area contributed by atoms with Gasteiger partial charge in [0.25, 0.3) is 0 Å². The summed E-state index contributed by atoms with van der Waals surface area (Å²) in [5.41, 5.74) is 17.1. The highest BCUT2D eigenvalue weighted by molar-refractivity contribution is 8.38. The van der Waals surface area contributed by atoms with Crippen LogP contribution >= 0.6 is 15.2 Å². The van der Waals surface area contributed by atoms with Gasteiger partial charge in [0.1, 0.15) is 5.30 Å². The van der Waals surface area contributed by atoms with Crippen molar-refractivity contribution < 1.29 is 0 Å². The fourth-order valence-corrected chi connectivity index (χ4v) is 21.9. The predicted octanol–water partition coefficient (Wildman–Crippen LogP) is 17.0. The molecule has 6 rings (SSSR count). The van der Waals surface area contributed by atoms with Crippen molar-refractivity contribution in [1.29, 1.82) is 0 Å². The van der Waals surface area contributed by atoms with E-state index < -0.39 is 6.95 Å². The van der Waals surface area contributed by atoms with E-state index in [0.29, 0.717) is 35.5 Å². The molecule has 0 aliphatic heterocycles.